The maximum atomic E-state index is 8.99. The smallest absolute Gasteiger partial charge is 1.00 e. The molecule has 0 amide bonds. The van der Waals surface area contributed by atoms with Gasteiger partial charge in [-0.2, -0.15) is 0 Å². The molecule has 1 atom stereocenters. The van der Waals surface area contributed by atoms with Gasteiger partial charge < -0.3 is 6.53 Å². The third-order valence-electron chi connectivity index (χ3n) is 1.36. The van der Waals surface area contributed by atoms with Crippen molar-refractivity contribution in [3.05, 3.63) is 0 Å². The molecule has 0 saturated heterocycles. The molecule has 1 unspecified atom stereocenters. The average Bonchev–Trinajstić information content (AvgIpc) is 1.83. The van der Waals surface area contributed by atoms with E-state index in [1.807, 2.05) is 6.92 Å². The molecule has 0 aromatic heterocycles. The van der Waals surface area contributed by atoms with E-state index in [-0.39, 0.29) is 37.1 Å². The second kappa shape index (κ2) is 8.96. The Labute approximate surface area is 81.6 Å². The molecule has 0 bridgehead atoms. The van der Waals surface area contributed by atoms with Crippen LogP contribution in [0.25, 0.3) is 0 Å². The van der Waals surface area contributed by atoms with Gasteiger partial charge in [0.2, 0.25) is 0 Å². The Balaban J connectivity index is -0.000000245. The van der Waals surface area contributed by atoms with Crippen LogP contribution in [-0.2, 0) is 0 Å². The molecule has 2 heteroatoms. The molecular formula is C7H17NaO. The van der Waals surface area contributed by atoms with Crippen molar-refractivity contribution >= 4 is 0 Å². The fourth-order valence-electron chi connectivity index (χ4n) is 0.644. The Kier molecular flexibility index (Phi) is 12.6. The zero-order chi connectivity index (χ0) is 6.41. The van der Waals surface area contributed by atoms with Crippen LogP contribution in [0.2, 0.25) is 0 Å². The maximum Gasteiger partial charge on any atom is 1.00 e. The second-order valence-electron chi connectivity index (χ2n) is 2.20. The summed E-state index contributed by atoms with van der Waals surface area (Å²) in [6, 6.07) is 0. The normalized spacial score (nSPS) is 12.3. The van der Waals surface area contributed by atoms with Gasteiger partial charge in [0.1, 0.15) is 0 Å². The number of hydrogen-bond donors (Lipinski definition) is 1. The predicted molar refractivity (Wildman–Crippen MR) is 36.9 cm³/mol. The summed E-state index contributed by atoms with van der Waals surface area (Å²) in [6.45, 7) is 4.16. The van der Waals surface area contributed by atoms with Gasteiger partial charge in [-0.05, 0) is 12.8 Å². The summed E-state index contributed by atoms with van der Waals surface area (Å²) < 4.78 is 0. The van der Waals surface area contributed by atoms with E-state index in [2.05, 4.69) is 6.92 Å². The van der Waals surface area contributed by atoms with Gasteiger partial charge in [0.25, 0.3) is 0 Å². The third kappa shape index (κ3) is 8.96. The zero-order valence-corrected chi connectivity index (χ0v) is 8.85. The van der Waals surface area contributed by atoms with Crippen molar-refractivity contribution < 1.29 is 36.1 Å². The monoisotopic (exact) mass is 140 g/mol. The van der Waals surface area contributed by atoms with Crippen LogP contribution in [0.15, 0.2) is 0 Å². The van der Waals surface area contributed by atoms with E-state index in [0.29, 0.717) is 0 Å². The molecule has 0 saturated carbocycles. The fourth-order valence-corrected chi connectivity index (χ4v) is 0.644. The summed E-state index contributed by atoms with van der Waals surface area (Å²) in [5, 5.41) is 8.99. The number of aliphatic hydroxyl groups is 1. The van der Waals surface area contributed by atoms with Gasteiger partial charge in [0.15, 0.2) is 0 Å². The van der Waals surface area contributed by atoms with E-state index in [1.165, 1.54) is 6.42 Å². The molecule has 0 radical (unpaired) electrons. The molecule has 0 heterocycles. The SMILES string of the molecule is CCCCC(O)CC.[H-].[Na+]. The summed E-state index contributed by atoms with van der Waals surface area (Å²) >= 11 is 0. The first kappa shape index (κ1) is 12.6. The molecular weight excluding hydrogens is 123 g/mol. The molecule has 0 aromatic rings. The Morgan fingerprint density at radius 1 is 1.44 bits per heavy atom. The Hall–Kier alpha value is 0.960. The Morgan fingerprint density at radius 2 is 2.00 bits per heavy atom. The van der Waals surface area contributed by atoms with Crippen molar-refractivity contribution in [1.29, 1.82) is 0 Å². The fraction of sp³-hybridized carbons (Fsp3) is 1.00. The molecule has 0 aliphatic rings. The van der Waals surface area contributed by atoms with Crippen LogP contribution in [0.1, 0.15) is 41.0 Å². The second-order valence-corrected chi connectivity index (χ2v) is 2.20. The third-order valence-corrected chi connectivity index (χ3v) is 1.36. The molecule has 0 fully saturated rings. The molecule has 0 aliphatic heterocycles. The van der Waals surface area contributed by atoms with Crippen molar-refractivity contribution in [2.75, 3.05) is 0 Å². The average molecular weight is 140 g/mol. The van der Waals surface area contributed by atoms with Crippen molar-refractivity contribution in [3.8, 4) is 0 Å². The summed E-state index contributed by atoms with van der Waals surface area (Å²) in [7, 11) is 0. The molecule has 1 N–H and O–H groups in total. The van der Waals surface area contributed by atoms with Gasteiger partial charge in [0, 0.05) is 0 Å². The van der Waals surface area contributed by atoms with Gasteiger partial charge in [-0.1, -0.05) is 26.7 Å². The first-order chi connectivity index (χ1) is 3.81. The minimum atomic E-state index is -0.0463. The summed E-state index contributed by atoms with van der Waals surface area (Å²) in [4.78, 5) is 0. The first-order valence-electron chi connectivity index (χ1n) is 3.49. The van der Waals surface area contributed by atoms with Crippen LogP contribution in [0, 0.1) is 0 Å². The number of unbranched alkanes of at least 4 members (excludes halogenated alkanes) is 1. The summed E-state index contributed by atoms with van der Waals surface area (Å²) in [5.41, 5.74) is 0. The van der Waals surface area contributed by atoms with Gasteiger partial charge >= 0.3 is 29.6 Å². The van der Waals surface area contributed by atoms with E-state index in [4.69, 9.17) is 5.11 Å². The quantitative estimate of drug-likeness (QED) is 0.500. The standard InChI is InChI=1S/C7H16O.Na.H/c1-3-5-6-7(8)4-2;;/h7-8H,3-6H2,1-2H3;;/q;+1;-1. The number of aliphatic hydroxyl groups excluding tert-OH is 1. The van der Waals surface area contributed by atoms with E-state index in [0.717, 1.165) is 19.3 Å². The maximum absolute atomic E-state index is 8.99. The van der Waals surface area contributed by atoms with Crippen molar-refractivity contribution in [1.82, 2.24) is 0 Å². The predicted octanol–water partition coefficient (Wildman–Crippen LogP) is -0.936. The van der Waals surface area contributed by atoms with Crippen LogP contribution in [-0.4, -0.2) is 11.2 Å². The van der Waals surface area contributed by atoms with Crippen LogP contribution < -0.4 is 29.6 Å². The molecule has 1 nitrogen and oxygen atoms in total. The molecule has 52 valence electrons. The minimum absolute atomic E-state index is 0. The molecule has 0 spiro atoms. The van der Waals surface area contributed by atoms with E-state index in [1.54, 1.807) is 0 Å². The topological polar surface area (TPSA) is 20.2 Å². The van der Waals surface area contributed by atoms with Crippen molar-refractivity contribution in [2.45, 2.75) is 45.6 Å². The summed E-state index contributed by atoms with van der Waals surface area (Å²) in [6.07, 6.45) is 4.19. The number of hydrogen-bond acceptors (Lipinski definition) is 1. The van der Waals surface area contributed by atoms with E-state index >= 15 is 0 Å². The summed E-state index contributed by atoms with van der Waals surface area (Å²) in [5.74, 6) is 0. The molecule has 9 heavy (non-hydrogen) atoms. The van der Waals surface area contributed by atoms with E-state index in [9.17, 15) is 0 Å². The van der Waals surface area contributed by atoms with Crippen LogP contribution in [0.5, 0.6) is 0 Å². The largest absolute Gasteiger partial charge is 1.00 e. The van der Waals surface area contributed by atoms with Crippen molar-refractivity contribution in [3.63, 3.8) is 0 Å². The molecule has 0 rings (SSSR count). The van der Waals surface area contributed by atoms with Crippen LogP contribution in [0.4, 0.5) is 0 Å². The first-order valence-corrected chi connectivity index (χ1v) is 3.49. The Morgan fingerprint density at radius 3 is 2.33 bits per heavy atom. The van der Waals surface area contributed by atoms with Crippen molar-refractivity contribution in [2.24, 2.45) is 0 Å². The van der Waals surface area contributed by atoms with Crippen LogP contribution >= 0.6 is 0 Å². The van der Waals surface area contributed by atoms with Gasteiger partial charge in [0.05, 0.1) is 6.10 Å². The molecule has 0 aliphatic carbocycles. The minimum Gasteiger partial charge on any atom is -1.00 e. The van der Waals surface area contributed by atoms with Gasteiger partial charge in [-0.25, -0.2) is 0 Å². The van der Waals surface area contributed by atoms with Gasteiger partial charge in [-0.15, -0.1) is 0 Å². The van der Waals surface area contributed by atoms with Crippen LogP contribution in [0.3, 0.4) is 0 Å². The molecule has 0 aromatic carbocycles. The zero-order valence-electron chi connectivity index (χ0n) is 7.85. The Bertz CT molecular complexity index is 52.9. The van der Waals surface area contributed by atoms with E-state index < -0.39 is 0 Å². The number of rotatable bonds is 4. The van der Waals surface area contributed by atoms with Gasteiger partial charge in [-0.3, -0.25) is 0 Å².